The number of ether oxygens (including phenoxy) is 1. The van der Waals surface area contributed by atoms with E-state index in [0.717, 1.165) is 24.7 Å². The van der Waals surface area contributed by atoms with Crippen molar-refractivity contribution in [1.29, 1.82) is 0 Å². The van der Waals surface area contributed by atoms with Gasteiger partial charge >= 0.3 is 0 Å². The van der Waals surface area contributed by atoms with Gasteiger partial charge in [0.15, 0.2) is 0 Å². The second-order valence-electron chi connectivity index (χ2n) is 5.61. The van der Waals surface area contributed by atoms with E-state index in [0.29, 0.717) is 25.3 Å². The zero-order chi connectivity index (χ0) is 16.2. The molecule has 1 aromatic carbocycles. The Morgan fingerprint density at radius 2 is 2.23 bits per heavy atom. The average molecular weight is 326 g/mol. The predicted molar refractivity (Wildman–Crippen MR) is 84.1 cm³/mol. The van der Waals surface area contributed by atoms with Crippen molar-refractivity contribution in [2.24, 2.45) is 0 Å². The van der Waals surface area contributed by atoms with Gasteiger partial charge in [0.25, 0.3) is 5.91 Å². The fourth-order valence-electron chi connectivity index (χ4n) is 2.70. The molecule has 0 aromatic heterocycles. The SMILES string of the molecule is COCc1cccc(C(=O)N2CCC[C@@H](NS(C)(=O)=O)C2)c1. The van der Waals surface area contributed by atoms with Crippen LogP contribution < -0.4 is 4.72 Å². The van der Waals surface area contributed by atoms with Crippen molar-refractivity contribution in [3.05, 3.63) is 35.4 Å². The van der Waals surface area contributed by atoms with Crippen LogP contribution in [0, 0.1) is 0 Å². The molecule has 22 heavy (non-hydrogen) atoms. The molecule has 122 valence electrons. The molecule has 1 saturated heterocycles. The number of hydrogen-bond acceptors (Lipinski definition) is 4. The van der Waals surface area contributed by atoms with E-state index in [2.05, 4.69) is 4.72 Å². The minimum atomic E-state index is -3.26. The number of hydrogen-bond donors (Lipinski definition) is 1. The molecule has 0 radical (unpaired) electrons. The molecule has 0 spiro atoms. The number of nitrogens with one attached hydrogen (secondary N) is 1. The summed E-state index contributed by atoms with van der Waals surface area (Å²) in [5.74, 6) is -0.0713. The number of carbonyl (C=O) groups is 1. The molecule has 0 aliphatic carbocycles. The maximum Gasteiger partial charge on any atom is 0.253 e. The van der Waals surface area contributed by atoms with Gasteiger partial charge < -0.3 is 9.64 Å². The summed E-state index contributed by atoms with van der Waals surface area (Å²) in [5.41, 5.74) is 1.55. The quantitative estimate of drug-likeness (QED) is 0.875. The van der Waals surface area contributed by atoms with Gasteiger partial charge in [-0.1, -0.05) is 12.1 Å². The Labute approximate surface area is 131 Å². The summed E-state index contributed by atoms with van der Waals surface area (Å²) >= 11 is 0. The highest BCUT2D eigenvalue weighted by Crippen LogP contribution is 2.15. The first-order chi connectivity index (χ1) is 10.4. The van der Waals surface area contributed by atoms with E-state index in [9.17, 15) is 13.2 Å². The fourth-order valence-corrected chi connectivity index (χ4v) is 3.50. The number of methoxy groups -OCH3 is 1. The number of nitrogens with zero attached hydrogens (tertiary/aromatic N) is 1. The molecule has 0 unspecified atom stereocenters. The Kier molecular flexibility index (Phi) is 5.55. The number of carbonyl (C=O) groups excluding carboxylic acids is 1. The molecular weight excluding hydrogens is 304 g/mol. The van der Waals surface area contributed by atoms with E-state index in [1.54, 1.807) is 18.1 Å². The van der Waals surface area contributed by atoms with Crippen molar-refractivity contribution in [2.75, 3.05) is 26.5 Å². The molecule has 1 atom stereocenters. The van der Waals surface area contributed by atoms with Crippen molar-refractivity contribution in [3.8, 4) is 0 Å². The lowest BCUT2D eigenvalue weighted by atomic mass is 10.0. The first-order valence-electron chi connectivity index (χ1n) is 7.23. The van der Waals surface area contributed by atoms with Crippen LogP contribution in [0.2, 0.25) is 0 Å². The number of sulfonamides is 1. The molecule has 0 bridgehead atoms. The largest absolute Gasteiger partial charge is 0.380 e. The summed E-state index contributed by atoms with van der Waals surface area (Å²) < 4.78 is 30.3. The predicted octanol–water partition coefficient (Wildman–Crippen LogP) is 0.987. The average Bonchev–Trinajstić information content (AvgIpc) is 2.46. The van der Waals surface area contributed by atoms with Crippen molar-refractivity contribution in [2.45, 2.75) is 25.5 Å². The van der Waals surface area contributed by atoms with Crippen LogP contribution in [0.5, 0.6) is 0 Å². The van der Waals surface area contributed by atoms with Crippen LogP contribution in [0.3, 0.4) is 0 Å². The van der Waals surface area contributed by atoms with Gasteiger partial charge in [0, 0.05) is 31.8 Å². The maximum atomic E-state index is 12.6. The molecule has 1 heterocycles. The first kappa shape index (κ1) is 16.9. The van der Waals surface area contributed by atoms with Gasteiger partial charge in [0.2, 0.25) is 10.0 Å². The molecular formula is C15H22N2O4S. The highest BCUT2D eigenvalue weighted by molar-refractivity contribution is 7.88. The van der Waals surface area contributed by atoms with Gasteiger partial charge in [0.1, 0.15) is 0 Å². The number of rotatable bonds is 5. The summed E-state index contributed by atoms with van der Waals surface area (Å²) in [6, 6.07) is 7.12. The van der Waals surface area contributed by atoms with Gasteiger partial charge in [-0.25, -0.2) is 13.1 Å². The van der Waals surface area contributed by atoms with E-state index in [1.165, 1.54) is 0 Å². The van der Waals surface area contributed by atoms with Crippen LogP contribution in [0.25, 0.3) is 0 Å². The summed E-state index contributed by atoms with van der Waals surface area (Å²) in [7, 11) is -1.64. The van der Waals surface area contributed by atoms with Crippen LogP contribution in [0.1, 0.15) is 28.8 Å². The smallest absolute Gasteiger partial charge is 0.253 e. The second kappa shape index (κ2) is 7.21. The molecule has 2 rings (SSSR count). The Morgan fingerprint density at radius 1 is 1.45 bits per heavy atom. The van der Waals surface area contributed by atoms with Crippen LogP contribution in [-0.4, -0.2) is 51.7 Å². The van der Waals surface area contributed by atoms with E-state index in [4.69, 9.17) is 4.74 Å². The lowest BCUT2D eigenvalue weighted by molar-refractivity contribution is 0.0703. The molecule has 7 heteroatoms. The van der Waals surface area contributed by atoms with Gasteiger partial charge in [-0.15, -0.1) is 0 Å². The first-order valence-corrected chi connectivity index (χ1v) is 9.12. The van der Waals surface area contributed by atoms with Crippen LogP contribution >= 0.6 is 0 Å². The summed E-state index contributed by atoms with van der Waals surface area (Å²) in [6.07, 6.45) is 2.68. The summed E-state index contributed by atoms with van der Waals surface area (Å²) in [4.78, 5) is 14.3. The Balaban J connectivity index is 2.07. The topological polar surface area (TPSA) is 75.7 Å². The van der Waals surface area contributed by atoms with Crippen LogP contribution in [0.15, 0.2) is 24.3 Å². The lowest BCUT2D eigenvalue weighted by Gasteiger charge is -2.32. The lowest BCUT2D eigenvalue weighted by Crippen LogP contribution is -2.49. The maximum absolute atomic E-state index is 12.6. The molecule has 1 aliphatic heterocycles. The Bertz CT molecular complexity index is 630. The molecule has 1 aromatic rings. The molecule has 1 fully saturated rings. The highest BCUT2D eigenvalue weighted by atomic mass is 32.2. The van der Waals surface area contributed by atoms with Crippen LogP contribution in [-0.2, 0) is 21.4 Å². The van der Waals surface area contributed by atoms with Gasteiger partial charge in [-0.2, -0.15) is 0 Å². The summed E-state index contributed by atoms with van der Waals surface area (Å²) in [6.45, 7) is 1.51. The van der Waals surface area contributed by atoms with Crippen molar-refractivity contribution in [3.63, 3.8) is 0 Å². The second-order valence-corrected chi connectivity index (χ2v) is 7.39. The van der Waals surface area contributed by atoms with E-state index in [1.807, 2.05) is 18.2 Å². The third-order valence-electron chi connectivity index (χ3n) is 3.57. The molecule has 6 nitrogen and oxygen atoms in total. The standard InChI is InChI=1S/C15H22N2O4S/c1-21-11-12-5-3-6-13(9-12)15(18)17-8-4-7-14(10-17)16-22(2,19)20/h3,5-6,9,14,16H,4,7-8,10-11H2,1-2H3/t14-/m1/s1. The minimum absolute atomic E-state index is 0.0713. The van der Waals surface area contributed by atoms with Crippen LogP contribution in [0.4, 0.5) is 0 Å². The molecule has 0 saturated carbocycles. The molecule has 1 aliphatic rings. The van der Waals surface area contributed by atoms with E-state index in [-0.39, 0.29) is 11.9 Å². The zero-order valence-corrected chi connectivity index (χ0v) is 13.7. The molecule has 1 N–H and O–H groups in total. The normalized spacial score (nSPS) is 19.2. The number of piperidine rings is 1. The molecule has 1 amide bonds. The van der Waals surface area contributed by atoms with Crippen molar-refractivity contribution >= 4 is 15.9 Å². The van der Waals surface area contributed by atoms with Crippen molar-refractivity contribution in [1.82, 2.24) is 9.62 Å². The van der Waals surface area contributed by atoms with E-state index >= 15 is 0 Å². The fraction of sp³-hybridized carbons (Fsp3) is 0.533. The van der Waals surface area contributed by atoms with Gasteiger partial charge in [-0.3, -0.25) is 4.79 Å². The highest BCUT2D eigenvalue weighted by Gasteiger charge is 2.26. The van der Waals surface area contributed by atoms with Gasteiger partial charge in [0.05, 0.1) is 12.9 Å². The van der Waals surface area contributed by atoms with Gasteiger partial charge in [-0.05, 0) is 30.5 Å². The number of likely N-dealkylation sites (tertiary alicyclic amines) is 1. The monoisotopic (exact) mass is 326 g/mol. The number of amides is 1. The zero-order valence-electron chi connectivity index (χ0n) is 12.9. The summed E-state index contributed by atoms with van der Waals surface area (Å²) in [5, 5.41) is 0. The Morgan fingerprint density at radius 3 is 2.91 bits per heavy atom. The van der Waals surface area contributed by atoms with E-state index < -0.39 is 10.0 Å². The number of benzene rings is 1. The third kappa shape index (κ3) is 4.79. The Hall–Kier alpha value is -1.44. The third-order valence-corrected chi connectivity index (χ3v) is 4.34. The minimum Gasteiger partial charge on any atom is -0.380 e. The van der Waals surface area contributed by atoms with Crippen molar-refractivity contribution < 1.29 is 17.9 Å².